The van der Waals surface area contributed by atoms with Crippen molar-refractivity contribution in [1.82, 2.24) is 20.9 Å². The fraction of sp³-hybridized carbons (Fsp3) is 0.545. The fourth-order valence-corrected chi connectivity index (χ4v) is 4.07. The Morgan fingerprint density at radius 3 is 2.48 bits per heavy atom. The maximum atomic E-state index is 13.2. The van der Waals surface area contributed by atoms with Gasteiger partial charge in [0, 0.05) is 19.0 Å². The lowest BCUT2D eigenvalue weighted by atomic mass is 9.94. The zero-order valence-corrected chi connectivity index (χ0v) is 19.9. The summed E-state index contributed by atoms with van der Waals surface area (Å²) >= 11 is 1.39. The molecule has 0 bridgehead atoms. The maximum Gasteiger partial charge on any atom is 0.243 e. The molecule has 1 aromatic carbocycles. The van der Waals surface area contributed by atoms with Crippen LogP contribution in [0.5, 0.6) is 0 Å². The van der Waals surface area contributed by atoms with Crippen LogP contribution in [-0.2, 0) is 25.6 Å². The molecule has 0 aliphatic carbocycles. The number of carbonyl (C=O) groups is 4. The Morgan fingerprint density at radius 2 is 1.91 bits per heavy atom. The van der Waals surface area contributed by atoms with E-state index >= 15 is 0 Å². The molecule has 0 saturated carbocycles. The van der Waals surface area contributed by atoms with Crippen molar-refractivity contribution in [2.24, 2.45) is 5.73 Å². The van der Waals surface area contributed by atoms with Crippen molar-refractivity contribution < 1.29 is 23.6 Å². The summed E-state index contributed by atoms with van der Waals surface area (Å²) in [6.45, 7) is 1.98. The first-order chi connectivity index (χ1) is 15.7. The number of nitrogens with one attached hydrogen (secondary N) is 3. The van der Waals surface area contributed by atoms with Gasteiger partial charge >= 0.3 is 0 Å². The highest BCUT2D eigenvalue weighted by atomic mass is 32.2. The lowest BCUT2D eigenvalue weighted by Gasteiger charge is -2.40. The van der Waals surface area contributed by atoms with Gasteiger partial charge in [0.15, 0.2) is 0 Å². The monoisotopic (exact) mass is 481 g/mol. The smallest absolute Gasteiger partial charge is 0.243 e. The zero-order valence-electron chi connectivity index (χ0n) is 19.1. The Labute approximate surface area is 197 Å². The van der Waals surface area contributed by atoms with E-state index in [1.807, 2.05) is 6.26 Å². The number of hydrogen-bond acceptors (Lipinski definition) is 6. The van der Waals surface area contributed by atoms with Crippen molar-refractivity contribution in [3.63, 3.8) is 0 Å². The normalized spacial score (nSPS) is 19.9. The third-order valence-electron chi connectivity index (χ3n) is 5.65. The van der Waals surface area contributed by atoms with E-state index in [4.69, 9.17) is 5.73 Å². The van der Waals surface area contributed by atoms with Crippen molar-refractivity contribution in [1.29, 1.82) is 0 Å². The third kappa shape index (κ3) is 7.71. The number of piperidine rings is 1. The number of carbonyl (C=O) groups excluding carboxylic acids is 4. The van der Waals surface area contributed by atoms with Crippen molar-refractivity contribution in [3.8, 4) is 0 Å². The molecule has 2 rings (SSSR count). The number of likely N-dealkylation sites (N-methyl/N-ethyl adjacent to an activating group) is 1. The predicted octanol–water partition coefficient (Wildman–Crippen LogP) is -0.215. The van der Waals surface area contributed by atoms with Crippen molar-refractivity contribution in [2.75, 3.05) is 25.6 Å². The molecule has 182 valence electrons. The SMILES string of the molecule is CN[C@@H](C)C(=O)N1CC[C@H](NC(=O)CSC)C[C@H]1C(=O)N[C@@H](Cc1ccc(F)cc1)C(N)=O. The number of hydrogen-bond donors (Lipinski definition) is 4. The van der Waals surface area contributed by atoms with Gasteiger partial charge in [-0.15, -0.1) is 0 Å². The molecule has 1 heterocycles. The van der Waals surface area contributed by atoms with Gasteiger partial charge < -0.3 is 26.6 Å². The van der Waals surface area contributed by atoms with Crippen LogP contribution in [-0.4, -0.2) is 78.3 Å². The van der Waals surface area contributed by atoms with Gasteiger partial charge in [0.25, 0.3) is 0 Å². The fourth-order valence-electron chi connectivity index (χ4n) is 3.73. The summed E-state index contributed by atoms with van der Waals surface area (Å²) in [5.41, 5.74) is 6.13. The lowest BCUT2D eigenvalue weighted by Crippen LogP contribution is -2.61. The number of nitrogens with zero attached hydrogens (tertiary/aromatic N) is 1. The summed E-state index contributed by atoms with van der Waals surface area (Å²) in [4.78, 5) is 51.7. The van der Waals surface area contributed by atoms with E-state index in [1.54, 1.807) is 14.0 Å². The maximum absolute atomic E-state index is 13.2. The summed E-state index contributed by atoms with van der Waals surface area (Å²) in [6.07, 6.45) is 2.64. The largest absolute Gasteiger partial charge is 0.368 e. The van der Waals surface area contributed by atoms with Gasteiger partial charge in [-0.2, -0.15) is 11.8 Å². The Morgan fingerprint density at radius 1 is 1.24 bits per heavy atom. The van der Waals surface area contributed by atoms with E-state index < -0.39 is 35.8 Å². The highest BCUT2D eigenvalue weighted by Crippen LogP contribution is 2.20. The molecule has 0 radical (unpaired) electrons. The van der Waals surface area contributed by atoms with Crippen LogP contribution in [0, 0.1) is 5.82 Å². The number of likely N-dealkylation sites (tertiary alicyclic amines) is 1. The van der Waals surface area contributed by atoms with Crippen LogP contribution < -0.4 is 21.7 Å². The first kappa shape index (κ1) is 26.6. The zero-order chi connectivity index (χ0) is 24.5. The van der Waals surface area contributed by atoms with Gasteiger partial charge in [-0.05, 0) is 50.8 Å². The quantitative estimate of drug-likeness (QED) is 0.365. The number of halogens is 1. The third-order valence-corrected chi connectivity index (χ3v) is 6.20. The molecule has 1 saturated heterocycles. The molecule has 0 spiro atoms. The van der Waals surface area contributed by atoms with E-state index in [1.165, 1.54) is 40.9 Å². The van der Waals surface area contributed by atoms with Crippen LogP contribution in [0.1, 0.15) is 25.3 Å². The van der Waals surface area contributed by atoms with E-state index in [9.17, 15) is 23.6 Å². The van der Waals surface area contributed by atoms with Gasteiger partial charge in [-0.3, -0.25) is 19.2 Å². The van der Waals surface area contributed by atoms with E-state index in [0.29, 0.717) is 17.7 Å². The molecular weight excluding hydrogens is 449 g/mol. The highest BCUT2D eigenvalue weighted by molar-refractivity contribution is 7.99. The minimum Gasteiger partial charge on any atom is -0.368 e. The second-order valence-electron chi connectivity index (χ2n) is 8.07. The van der Waals surface area contributed by atoms with E-state index in [2.05, 4.69) is 16.0 Å². The molecule has 33 heavy (non-hydrogen) atoms. The van der Waals surface area contributed by atoms with Crippen LogP contribution in [0.3, 0.4) is 0 Å². The molecule has 1 fully saturated rings. The molecule has 4 atom stereocenters. The summed E-state index contributed by atoms with van der Waals surface area (Å²) < 4.78 is 13.2. The second kappa shape index (κ2) is 12.5. The van der Waals surface area contributed by atoms with E-state index in [0.717, 1.165) is 0 Å². The van der Waals surface area contributed by atoms with Crippen molar-refractivity contribution in [2.45, 2.75) is 50.4 Å². The Hall–Kier alpha value is -2.66. The van der Waals surface area contributed by atoms with Gasteiger partial charge in [-0.1, -0.05) is 12.1 Å². The molecule has 4 amide bonds. The Kier molecular flexibility index (Phi) is 10.1. The molecule has 11 heteroatoms. The minimum atomic E-state index is -1.03. The number of nitrogens with two attached hydrogens (primary N) is 1. The minimum absolute atomic E-state index is 0.0861. The molecular formula is C22H32FN5O4S. The average Bonchev–Trinajstić information content (AvgIpc) is 2.78. The van der Waals surface area contributed by atoms with Gasteiger partial charge in [0.1, 0.15) is 17.9 Å². The van der Waals surface area contributed by atoms with Crippen molar-refractivity contribution in [3.05, 3.63) is 35.6 Å². The number of amides is 4. The molecule has 0 unspecified atom stereocenters. The van der Waals surface area contributed by atoms with Gasteiger partial charge in [0.2, 0.25) is 23.6 Å². The highest BCUT2D eigenvalue weighted by Gasteiger charge is 2.39. The molecule has 1 aromatic rings. The van der Waals surface area contributed by atoms with Crippen LogP contribution in [0.15, 0.2) is 24.3 Å². The molecule has 5 N–H and O–H groups in total. The standard InChI is InChI=1S/C22H32FN5O4S/c1-13(25-2)22(32)28-9-8-16(26-19(29)12-33-3)11-18(28)21(31)27-17(20(24)30)10-14-4-6-15(23)7-5-14/h4-7,13,16-18,25H,8-12H2,1-3H3,(H2,24,30)(H,26,29)(H,27,31)/t13-,16-,17-,18-/m0/s1. The van der Waals surface area contributed by atoms with Crippen LogP contribution in [0.25, 0.3) is 0 Å². The first-order valence-corrected chi connectivity index (χ1v) is 12.2. The summed E-state index contributed by atoms with van der Waals surface area (Å²) in [5, 5.41) is 8.44. The molecule has 1 aliphatic rings. The summed E-state index contributed by atoms with van der Waals surface area (Å²) in [6, 6.07) is 2.85. The Balaban J connectivity index is 2.18. The number of thioether (sulfide) groups is 1. The summed E-state index contributed by atoms with van der Waals surface area (Å²) in [5.74, 6) is -1.77. The van der Waals surface area contributed by atoms with Gasteiger partial charge in [-0.25, -0.2) is 4.39 Å². The second-order valence-corrected chi connectivity index (χ2v) is 8.94. The van der Waals surface area contributed by atoms with Crippen LogP contribution >= 0.6 is 11.8 Å². The predicted molar refractivity (Wildman–Crippen MR) is 125 cm³/mol. The van der Waals surface area contributed by atoms with Crippen LogP contribution in [0.2, 0.25) is 0 Å². The Bertz CT molecular complexity index is 854. The molecule has 1 aliphatic heterocycles. The number of rotatable bonds is 10. The van der Waals surface area contributed by atoms with Gasteiger partial charge in [0.05, 0.1) is 11.8 Å². The van der Waals surface area contributed by atoms with Crippen LogP contribution in [0.4, 0.5) is 4.39 Å². The first-order valence-electron chi connectivity index (χ1n) is 10.8. The number of primary amides is 1. The molecule has 0 aromatic heterocycles. The molecule has 9 nitrogen and oxygen atoms in total. The van der Waals surface area contributed by atoms with Crippen molar-refractivity contribution >= 4 is 35.4 Å². The lowest BCUT2D eigenvalue weighted by molar-refractivity contribution is -0.144. The van der Waals surface area contributed by atoms with E-state index in [-0.39, 0.29) is 37.2 Å². The number of benzene rings is 1. The summed E-state index contributed by atoms with van der Waals surface area (Å²) in [7, 11) is 1.65. The average molecular weight is 482 g/mol. The topological polar surface area (TPSA) is 134 Å².